The average molecular weight is 267 g/mol. The molecule has 3 nitrogen and oxygen atoms in total. The Morgan fingerprint density at radius 2 is 2.11 bits per heavy atom. The number of nitrogens with zero attached hydrogens (tertiary/aromatic N) is 1. The molecule has 0 spiro atoms. The number of thiophene rings is 1. The van der Waals surface area contributed by atoms with Gasteiger partial charge in [0.15, 0.2) is 5.96 Å². The highest BCUT2D eigenvalue weighted by Gasteiger charge is 2.21. The fourth-order valence-corrected chi connectivity index (χ4v) is 2.45. The number of aliphatic imine (C=N–C) groups is 1. The van der Waals surface area contributed by atoms with Gasteiger partial charge in [-0.2, -0.15) is 0 Å². The van der Waals surface area contributed by atoms with Crippen molar-refractivity contribution in [3.63, 3.8) is 0 Å². The molecule has 0 aromatic carbocycles. The zero-order chi connectivity index (χ0) is 13.4. The third-order valence-electron chi connectivity index (χ3n) is 2.71. The molecule has 1 aromatic rings. The Kier molecular flexibility index (Phi) is 6.19. The number of hydrogen-bond acceptors (Lipinski definition) is 2. The van der Waals surface area contributed by atoms with Crippen LogP contribution in [0.3, 0.4) is 0 Å². The predicted octanol–water partition coefficient (Wildman–Crippen LogP) is 2.99. The van der Waals surface area contributed by atoms with Gasteiger partial charge < -0.3 is 10.6 Å². The third kappa shape index (κ3) is 4.69. The molecular weight excluding hydrogens is 242 g/mol. The predicted molar refractivity (Wildman–Crippen MR) is 81.6 cm³/mol. The number of guanidine groups is 1. The molecule has 0 bridgehead atoms. The zero-order valence-corrected chi connectivity index (χ0v) is 12.7. The molecule has 0 amide bonds. The summed E-state index contributed by atoms with van der Waals surface area (Å²) < 4.78 is 0. The van der Waals surface area contributed by atoms with E-state index in [-0.39, 0.29) is 5.41 Å². The van der Waals surface area contributed by atoms with Crippen LogP contribution in [0.25, 0.3) is 0 Å². The van der Waals surface area contributed by atoms with E-state index in [0.717, 1.165) is 32.0 Å². The van der Waals surface area contributed by atoms with E-state index in [1.165, 1.54) is 4.88 Å². The number of rotatable bonds is 6. The van der Waals surface area contributed by atoms with Gasteiger partial charge in [0.1, 0.15) is 0 Å². The summed E-state index contributed by atoms with van der Waals surface area (Å²) in [7, 11) is 0. The zero-order valence-electron chi connectivity index (χ0n) is 11.9. The minimum absolute atomic E-state index is 0.0999. The molecule has 0 saturated heterocycles. The van der Waals surface area contributed by atoms with Gasteiger partial charge in [-0.25, -0.2) is 0 Å². The van der Waals surface area contributed by atoms with Crippen LogP contribution in [0, 0.1) is 0 Å². The summed E-state index contributed by atoms with van der Waals surface area (Å²) in [5, 5.41) is 8.73. The molecule has 1 rings (SSSR count). The molecule has 18 heavy (non-hydrogen) atoms. The van der Waals surface area contributed by atoms with Crippen LogP contribution in [0.5, 0.6) is 0 Å². The van der Waals surface area contributed by atoms with Crippen LogP contribution in [-0.2, 0) is 5.41 Å². The van der Waals surface area contributed by atoms with Crippen LogP contribution < -0.4 is 10.6 Å². The van der Waals surface area contributed by atoms with E-state index in [0.29, 0.717) is 0 Å². The summed E-state index contributed by atoms with van der Waals surface area (Å²) in [6, 6.07) is 4.29. The summed E-state index contributed by atoms with van der Waals surface area (Å²) in [4.78, 5) is 6.07. The maximum atomic E-state index is 4.68. The first-order chi connectivity index (χ1) is 8.60. The topological polar surface area (TPSA) is 36.4 Å². The lowest BCUT2D eigenvalue weighted by atomic mass is 9.92. The van der Waals surface area contributed by atoms with Crippen molar-refractivity contribution in [1.29, 1.82) is 0 Å². The molecule has 1 heterocycles. The average Bonchev–Trinajstić information content (AvgIpc) is 2.87. The van der Waals surface area contributed by atoms with Crippen LogP contribution in [-0.4, -0.2) is 25.6 Å². The Morgan fingerprint density at radius 1 is 1.33 bits per heavy atom. The molecule has 0 radical (unpaired) electrons. The van der Waals surface area contributed by atoms with E-state index < -0.39 is 0 Å². The van der Waals surface area contributed by atoms with E-state index in [4.69, 9.17) is 0 Å². The summed E-state index contributed by atoms with van der Waals surface area (Å²) in [5.41, 5.74) is 0.0999. The van der Waals surface area contributed by atoms with E-state index in [2.05, 4.69) is 60.8 Å². The highest BCUT2D eigenvalue weighted by atomic mass is 32.1. The molecule has 0 saturated carbocycles. The van der Waals surface area contributed by atoms with E-state index in [1.807, 2.05) is 0 Å². The fourth-order valence-electron chi connectivity index (χ4n) is 1.60. The second-order valence-electron chi connectivity index (χ2n) is 4.98. The maximum Gasteiger partial charge on any atom is 0.191 e. The third-order valence-corrected chi connectivity index (χ3v) is 3.94. The first-order valence-electron chi connectivity index (χ1n) is 6.66. The second-order valence-corrected chi connectivity index (χ2v) is 5.93. The van der Waals surface area contributed by atoms with Crippen molar-refractivity contribution in [2.45, 2.75) is 39.5 Å². The molecule has 102 valence electrons. The summed E-state index contributed by atoms with van der Waals surface area (Å²) in [5.74, 6) is 0.920. The Balaban J connectivity index is 2.63. The van der Waals surface area contributed by atoms with Gasteiger partial charge in [-0.15, -0.1) is 11.3 Å². The van der Waals surface area contributed by atoms with Gasteiger partial charge in [0.2, 0.25) is 0 Å². The first kappa shape index (κ1) is 15.0. The van der Waals surface area contributed by atoms with E-state index in [9.17, 15) is 0 Å². The van der Waals surface area contributed by atoms with Crippen molar-refractivity contribution in [1.82, 2.24) is 10.6 Å². The molecule has 2 N–H and O–H groups in total. The molecule has 0 unspecified atom stereocenters. The van der Waals surface area contributed by atoms with Crippen molar-refractivity contribution in [3.8, 4) is 0 Å². The van der Waals surface area contributed by atoms with Gasteiger partial charge in [-0.05, 0) is 24.8 Å². The van der Waals surface area contributed by atoms with E-state index >= 15 is 0 Å². The van der Waals surface area contributed by atoms with Crippen molar-refractivity contribution in [2.75, 3.05) is 19.6 Å². The smallest absolute Gasteiger partial charge is 0.191 e. The van der Waals surface area contributed by atoms with Gasteiger partial charge >= 0.3 is 0 Å². The van der Waals surface area contributed by atoms with Gasteiger partial charge in [0.25, 0.3) is 0 Å². The summed E-state index contributed by atoms with van der Waals surface area (Å²) >= 11 is 1.80. The van der Waals surface area contributed by atoms with Crippen molar-refractivity contribution < 1.29 is 0 Å². The SMILES string of the molecule is CCCNC(=NCC(C)(C)c1cccs1)NCC. The Morgan fingerprint density at radius 3 is 2.67 bits per heavy atom. The van der Waals surface area contributed by atoms with Gasteiger partial charge in [-0.1, -0.05) is 26.8 Å². The summed E-state index contributed by atoms with van der Waals surface area (Å²) in [6.45, 7) is 11.4. The Labute approximate surface area is 115 Å². The monoisotopic (exact) mass is 267 g/mol. The summed E-state index contributed by atoms with van der Waals surface area (Å²) in [6.07, 6.45) is 1.11. The molecule has 4 heteroatoms. The van der Waals surface area contributed by atoms with Gasteiger partial charge in [0, 0.05) is 23.4 Å². The second kappa shape index (κ2) is 7.41. The standard InChI is InChI=1S/C14H25N3S/c1-5-9-16-13(15-6-2)17-11-14(3,4)12-8-7-10-18-12/h7-8,10H,5-6,9,11H2,1-4H3,(H2,15,16,17). The molecule has 0 fully saturated rings. The van der Waals surface area contributed by atoms with Crippen LogP contribution in [0.2, 0.25) is 0 Å². The van der Waals surface area contributed by atoms with Crippen molar-refractivity contribution in [3.05, 3.63) is 22.4 Å². The largest absolute Gasteiger partial charge is 0.357 e. The van der Waals surface area contributed by atoms with E-state index in [1.54, 1.807) is 11.3 Å². The van der Waals surface area contributed by atoms with Crippen molar-refractivity contribution >= 4 is 17.3 Å². The molecular formula is C14H25N3S. The fraction of sp³-hybridized carbons (Fsp3) is 0.643. The molecule has 0 aliphatic carbocycles. The molecule has 1 aromatic heterocycles. The highest BCUT2D eigenvalue weighted by Crippen LogP contribution is 2.27. The quantitative estimate of drug-likeness (QED) is 0.614. The van der Waals surface area contributed by atoms with Crippen LogP contribution in [0.15, 0.2) is 22.5 Å². The normalized spacial score (nSPS) is 12.6. The van der Waals surface area contributed by atoms with Gasteiger partial charge in [-0.3, -0.25) is 4.99 Å². The van der Waals surface area contributed by atoms with Crippen molar-refractivity contribution in [2.24, 2.45) is 4.99 Å². The minimum Gasteiger partial charge on any atom is -0.357 e. The molecule has 0 atom stereocenters. The highest BCUT2D eigenvalue weighted by molar-refractivity contribution is 7.10. The Bertz CT molecular complexity index is 355. The van der Waals surface area contributed by atoms with Gasteiger partial charge in [0.05, 0.1) is 6.54 Å². The van der Waals surface area contributed by atoms with Crippen LogP contribution in [0.1, 0.15) is 39.0 Å². The lowest BCUT2D eigenvalue weighted by Crippen LogP contribution is -2.38. The minimum atomic E-state index is 0.0999. The lowest BCUT2D eigenvalue weighted by Gasteiger charge is -2.21. The Hall–Kier alpha value is -1.03. The lowest BCUT2D eigenvalue weighted by molar-refractivity contribution is 0.548. The number of nitrogens with one attached hydrogen (secondary N) is 2. The maximum absolute atomic E-state index is 4.68. The molecule has 0 aliphatic rings. The first-order valence-corrected chi connectivity index (χ1v) is 7.54. The number of hydrogen-bond donors (Lipinski definition) is 2. The van der Waals surface area contributed by atoms with Crippen LogP contribution >= 0.6 is 11.3 Å². The van der Waals surface area contributed by atoms with Crippen LogP contribution in [0.4, 0.5) is 0 Å². The molecule has 0 aliphatic heterocycles.